The number of amides is 1. The molecule has 0 aromatic heterocycles. The minimum atomic E-state index is 0.188. The Labute approximate surface area is 123 Å². The van der Waals surface area contributed by atoms with Crippen LogP contribution in [0.4, 0.5) is 0 Å². The first kappa shape index (κ1) is 15.8. The van der Waals surface area contributed by atoms with E-state index in [4.69, 9.17) is 4.74 Å². The summed E-state index contributed by atoms with van der Waals surface area (Å²) < 4.78 is 5.32. The van der Waals surface area contributed by atoms with Gasteiger partial charge in [-0.2, -0.15) is 0 Å². The van der Waals surface area contributed by atoms with Gasteiger partial charge < -0.3 is 10.1 Å². The normalized spacial score (nSPS) is 29.1. The second-order valence-corrected chi connectivity index (χ2v) is 7.29. The van der Waals surface area contributed by atoms with Crippen molar-refractivity contribution in [2.75, 3.05) is 13.2 Å². The van der Waals surface area contributed by atoms with Gasteiger partial charge in [0.25, 0.3) is 0 Å². The van der Waals surface area contributed by atoms with Gasteiger partial charge in [0.2, 0.25) is 5.91 Å². The number of carbonyl (C=O) groups excluding carboxylic acids is 1. The summed E-state index contributed by atoms with van der Waals surface area (Å²) in [5.74, 6) is 1.28. The van der Waals surface area contributed by atoms with E-state index in [2.05, 4.69) is 26.1 Å². The Kier molecular flexibility index (Phi) is 5.48. The van der Waals surface area contributed by atoms with E-state index < -0.39 is 0 Å². The molecule has 0 radical (unpaired) electrons. The third-order valence-electron chi connectivity index (χ3n) is 5.68. The van der Waals surface area contributed by atoms with Crippen LogP contribution in [-0.4, -0.2) is 25.2 Å². The van der Waals surface area contributed by atoms with Crippen LogP contribution in [0.3, 0.4) is 0 Å². The van der Waals surface area contributed by atoms with Crippen LogP contribution >= 0.6 is 0 Å². The van der Waals surface area contributed by atoms with Crippen LogP contribution in [0.1, 0.15) is 65.7 Å². The second kappa shape index (κ2) is 6.93. The van der Waals surface area contributed by atoms with Crippen molar-refractivity contribution < 1.29 is 9.53 Å². The average Bonchev–Trinajstić information content (AvgIpc) is 2.48. The topological polar surface area (TPSA) is 38.3 Å². The van der Waals surface area contributed by atoms with E-state index in [0.717, 1.165) is 44.8 Å². The molecule has 3 heteroatoms. The molecule has 0 aromatic carbocycles. The molecule has 1 saturated carbocycles. The molecule has 2 aliphatic rings. The molecule has 1 aliphatic heterocycles. The van der Waals surface area contributed by atoms with E-state index in [0.29, 0.717) is 11.5 Å². The molecule has 3 nitrogen and oxygen atoms in total. The molecule has 2 rings (SSSR count). The fourth-order valence-electron chi connectivity index (χ4n) is 3.59. The predicted molar refractivity (Wildman–Crippen MR) is 81.5 cm³/mol. The molecule has 116 valence electrons. The molecule has 2 fully saturated rings. The van der Waals surface area contributed by atoms with Gasteiger partial charge >= 0.3 is 0 Å². The highest BCUT2D eigenvalue weighted by Gasteiger charge is 2.33. The number of carbonyl (C=O) groups is 1. The third-order valence-corrected chi connectivity index (χ3v) is 5.68. The van der Waals surface area contributed by atoms with E-state index in [1.807, 2.05) is 0 Å². The maximum atomic E-state index is 12.2. The molecule has 1 saturated heterocycles. The first-order valence-corrected chi connectivity index (χ1v) is 8.41. The van der Waals surface area contributed by atoms with Crippen molar-refractivity contribution >= 4 is 5.91 Å². The SMILES string of the molecule is CCC(C)(C)C1CCC(NC(=O)C2CCOCC2)CC1. The summed E-state index contributed by atoms with van der Waals surface area (Å²) in [6.07, 6.45) is 7.87. The highest BCUT2D eigenvalue weighted by molar-refractivity contribution is 5.79. The van der Waals surface area contributed by atoms with Crippen LogP contribution < -0.4 is 5.32 Å². The van der Waals surface area contributed by atoms with Crippen molar-refractivity contribution in [1.29, 1.82) is 0 Å². The number of ether oxygens (including phenoxy) is 1. The quantitative estimate of drug-likeness (QED) is 0.856. The van der Waals surface area contributed by atoms with Gasteiger partial charge in [-0.15, -0.1) is 0 Å². The van der Waals surface area contributed by atoms with Gasteiger partial charge in [-0.05, 0) is 49.9 Å². The van der Waals surface area contributed by atoms with Crippen molar-refractivity contribution in [3.8, 4) is 0 Å². The minimum Gasteiger partial charge on any atom is -0.381 e. The first-order valence-electron chi connectivity index (χ1n) is 8.41. The van der Waals surface area contributed by atoms with Gasteiger partial charge in [0.15, 0.2) is 0 Å². The molecule has 1 heterocycles. The van der Waals surface area contributed by atoms with E-state index in [9.17, 15) is 4.79 Å². The molecular formula is C17H31NO2. The Balaban J connectivity index is 1.75. The van der Waals surface area contributed by atoms with Crippen molar-refractivity contribution in [2.24, 2.45) is 17.3 Å². The number of hydrogen-bond acceptors (Lipinski definition) is 2. The fourth-order valence-corrected chi connectivity index (χ4v) is 3.59. The maximum absolute atomic E-state index is 12.2. The lowest BCUT2D eigenvalue weighted by Gasteiger charge is -2.39. The zero-order chi connectivity index (χ0) is 14.6. The molecule has 1 aliphatic carbocycles. The van der Waals surface area contributed by atoms with Gasteiger partial charge in [0.1, 0.15) is 0 Å². The number of rotatable bonds is 4. The minimum absolute atomic E-state index is 0.188. The Morgan fingerprint density at radius 3 is 2.25 bits per heavy atom. The molecule has 1 N–H and O–H groups in total. The summed E-state index contributed by atoms with van der Waals surface area (Å²) in [6.45, 7) is 8.56. The van der Waals surface area contributed by atoms with Crippen molar-refractivity contribution in [1.82, 2.24) is 5.32 Å². The van der Waals surface area contributed by atoms with Crippen molar-refractivity contribution in [2.45, 2.75) is 71.8 Å². The van der Waals surface area contributed by atoms with Crippen LogP contribution in [-0.2, 0) is 9.53 Å². The van der Waals surface area contributed by atoms with Crippen molar-refractivity contribution in [3.05, 3.63) is 0 Å². The lowest BCUT2D eigenvalue weighted by Crippen LogP contribution is -2.43. The van der Waals surface area contributed by atoms with Crippen molar-refractivity contribution in [3.63, 3.8) is 0 Å². The summed E-state index contributed by atoms with van der Waals surface area (Å²) in [5.41, 5.74) is 0.454. The number of hydrogen-bond donors (Lipinski definition) is 1. The van der Waals surface area contributed by atoms with Crippen LogP contribution in [0.2, 0.25) is 0 Å². The van der Waals surface area contributed by atoms with Gasteiger partial charge in [-0.1, -0.05) is 27.2 Å². The average molecular weight is 281 g/mol. The molecule has 0 spiro atoms. The highest BCUT2D eigenvalue weighted by Crippen LogP contribution is 2.40. The highest BCUT2D eigenvalue weighted by atomic mass is 16.5. The van der Waals surface area contributed by atoms with Gasteiger partial charge in [0, 0.05) is 25.2 Å². The lowest BCUT2D eigenvalue weighted by atomic mass is 9.69. The van der Waals surface area contributed by atoms with E-state index in [1.165, 1.54) is 19.3 Å². The second-order valence-electron chi connectivity index (χ2n) is 7.29. The van der Waals surface area contributed by atoms with Crippen LogP contribution in [0.25, 0.3) is 0 Å². The summed E-state index contributed by atoms with van der Waals surface area (Å²) in [4.78, 5) is 12.2. The molecule has 1 amide bonds. The lowest BCUT2D eigenvalue weighted by molar-refractivity contribution is -0.128. The van der Waals surface area contributed by atoms with Crippen LogP contribution in [0.15, 0.2) is 0 Å². The van der Waals surface area contributed by atoms with E-state index in [-0.39, 0.29) is 11.8 Å². The summed E-state index contributed by atoms with van der Waals surface area (Å²) in [6, 6.07) is 0.411. The summed E-state index contributed by atoms with van der Waals surface area (Å²) >= 11 is 0. The third kappa shape index (κ3) is 3.97. The number of nitrogens with one attached hydrogen (secondary N) is 1. The van der Waals surface area contributed by atoms with Crippen LogP contribution in [0.5, 0.6) is 0 Å². The molecule has 20 heavy (non-hydrogen) atoms. The monoisotopic (exact) mass is 281 g/mol. The fraction of sp³-hybridized carbons (Fsp3) is 0.941. The van der Waals surface area contributed by atoms with Crippen LogP contribution in [0, 0.1) is 17.3 Å². The summed E-state index contributed by atoms with van der Waals surface area (Å²) in [7, 11) is 0. The molecule has 0 atom stereocenters. The van der Waals surface area contributed by atoms with Gasteiger partial charge in [0.05, 0.1) is 0 Å². The zero-order valence-corrected chi connectivity index (χ0v) is 13.4. The summed E-state index contributed by atoms with van der Waals surface area (Å²) in [5, 5.41) is 3.28. The Morgan fingerprint density at radius 1 is 1.10 bits per heavy atom. The van der Waals surface area contributed by atoms with E-state index in [1.54, 1.807) is 0 Å². The molecular weight excluding hydrogens is 250 g/mol. The molecule has 0 bridgehead atoms. The Bertz CT molecular complexity index is 313. The zero-order valence-electron chi connectivity index (χ0n) is 13.4. The van der Waals surface area contributed by atoms with E-state index >= 15 is 0 Å². The standard InChI is InChI=1S/C17H31NO2/c1-4-17(2,3)14-5-7-15(8-6-14)18-16(19)13-9-11-20-12-10-13/h13-15H,4-12H2,1-3H3,(H,18,19). The Morgan fingerprint density at radius 2 is 1.70 bits per heavy atom. The van der Waals surface area contributed by atoms with Gasteiger partial charge in [-0.25, -0.2) is 0 Å². The largest absolute Gasteiger partial charge is 0.381 e. The first-order chi connectivity index (χ1) is 9.53. The smallest absolute Gasteiger partial charge is 0.223 e. The Hall–Kier alpha value is -0.570. The molecule has 0 unspecified atom stereocenters. The maximum Gasteiger partial charge on any atom is 0.223 e. The predicted octanol–water partition coefficient (Wildman–Crippen LogP) is 3.52. The van der Waals surface area contributed by atoms with Gasteiger partial charge in [-0.3, -0.25) is 4.79 Å². The molecule has 0 aromatic rings.